The molecule has 4 rings (SSSR count). The molecule has 1 aromatic carbocycles. The number of amides is 2. The summed E-state index contributed by atoms with van der Waals surface area (Å²) in [5.74, 6) is -1.35. The molecule has 9 nitrogen and oxygen atoms in total. The number of nitrogens with one attached hydrogen (secondary N) is 3. The van der Waals surface area contributed by atoms with Crippen LogP contribution in [0.3, 0.4) is 0 Å². The van der Waals surface area contributed by atoms with Crippen LogP contribution in [0.1, 0.15) is 20.8 Å². The lowest BCUT2D eigenvalue weighted by Crippen LogP contribution is -2.51. The number of fused-ring (bicyclic) bond motifs is 1. The SMILES string of the molecule is O=C(N[C@@H]1CS(=O)(=O)C[C@H]1NC(=O)c1ccn[nH]1)c1ccc2scnc2c1. The maximum atomic E-state index is 12.6. The van der Waals surface area contributed by atoms with Gasteiger partial charge in [-0.1, -0.05) is 0 Å². The molecule has 2 amide bonds. The lowest BCUT2D eigenvalue weighted by molar-refractivity contribution is 0.0894. The van der Waals surface area contributed by atoms with Gasteiger partial charge in [-0.05, 0) is 24.3 Å². The molecule has 1 saturated heterocycles. The van der Waals surface area contributed by atoms with Gasteiger partial charge in [0.05, 0.1) is 39.3 Å². The van der Waals surface area contributed by atoms with Crippen LogP contribution in [0, 0.1) is 0 Å². The van der Waals surface area contributed by atoms with E-state index in [4.69, 9.17) is 0 Å². The Labute approximate surface area is 158 Å². The third-order valence-corrected chi connectivity index (χ3v) is 6.87. The van der Waals surface area contributed by atoms with E-state index >= 15 is 0 Å². The second-order valence-electron chi connectivity index (χ2n) is 6.24. The fraction of sp³-hybridized carbons (Fsp3) is 0.250. The Bertz CT molecular complexity index is 1110. The summed E-state index contributed by atoms with van der Waals surface area (Å²) in [6, 6.07) is 5.15. The Morgan fingerprint density at radius 1 is 1.11 bits per heavy atom. The molecular formula is C16H15N5O4S2. The molecule has 11 heteroatoms. The zero-order valence-corrected chi connectivity index (χ0v) is 15.5. The summed E-state index contributed by atoms with van der Waals surface area (Å²) in [5, 5.41) is 11.6. The number of aromatic amines is 1. The van der Waals surface area contributed by atoms with E-state index in [0.29, 0.717) is 11.1 Å². The predicted molar refractivity (Wildman–Crippen MR) is 99.4 cm³/mol. The lowest BCUT2D eigenvalue weighted by Gasteiger charge is -2.20. The average molecular weight is 405 g/mol. The highest BCUT2D eigenvalue weighted by atomic mass is 32.2. The quantitative estimate of drug-likeness (QED) is 0.573. The number of benzene rings is 1. The van der Waals surface area contributed by atoms with E-state index in [1.807, 2.05) is 0 Å². The van der Waals surface area contributed by atoms with E-state index in [2.05, 4.69) is 25.8 Å². The summed E-state index contributed by atoms with van der Waals surface area (Å²) in [5.41, 5.74) is 3.00. The van der Waals surface area contributed by atoms with Gasteiger partial charge in [0.15, 0.2) is 9.84 Å². The number of carbonyl (C=O) groups is 2. The third-order valence-electron chi connectivity index (χ3n) is 4.32. The first kappa shape index (κ1) is 17.6. The Morgan fingerprint density at radius 2 is 1.85 bits per heavy atom. The van der Waals surface area contributed by atoms with E-state index in [-0.39, 0.29) is 17.2 Å². The van der Waals surface area contributed by atoms with E-state index in [0.717, 1.165) is 4.70 Å². The van der Waals surface area contributed by atoms with E-state index < -0.39 is 33.7 Å². The highest BCUT2D eigenvalue weighted by molar-refractivity contribution is 7.91. The van der Waals surface area contributed by atoms with Gasteiger partial charge in [-0.15, -0.1) is 11.3 Å². The zero-order valence-electron chi connectivity index (χ0n) is 13.9. The molecule has 0 bridgehead atoms. The van der Waals surface area contributed by atoms with Crippen molar-refractivity contribution in [2.45, 2.75) is 12.1 Å². The minimum Gasteiger partial charge on any atom is -0.346 e. The molecule has 0 saturated carbocycles. The van der Waals surface area contributed by atoms with Crippen molar-refractivity contribution in [1.82, 2.24) is 25.8 Å². The van der Waals surface area contributed by atoms with Crippen molar-refractivity contribution >= 4 is 43.2 Å². The van der Waals surface area contributed by atoms with Crippen LogP contribution >= 0.6 is 11.3 Å². The molecule has 3 heterocycles. The number of thiazole rings is 1. The predicted octanol–water partition coefficient (Wildman–Crippen LogP) is 0.345. The summed E-state index contributed by atoms with van der Waals surface area (Å²) < 4.78 is 25.1. The molecule has 0 radical (unpaired) electrons. The fourth-order valence-electron chi connectivity index (χ4n) is 3.01. The van der Waals surface area contributed by atoms with Crippen molar-refractivity contribution < 1.29 is 18.0 Å². The lowest BCUT2D eigenvalue weighted by atomic mass is 10.1. The smallest absolute Gasteiger partial charge is 0.269 e. The molecule has 3 aromatic rings. The number of rotatable bonds is 4. The fourth-order valence-corrected chi connectivity index (χ4v) is 5.53. The number of hydrogen-bond donors (Lipinski definition) is 3. The van der Waals surface area contributed by atoms with Gasteiger partial charge in [-0.2, -0.15) is 5.10 Å². The van der Waals surface area contributed by atoms with Crippen LogP contribution in [0.25, 0.3) is 10.2 Å². The number of aromatic nitrogens is 3. The number of carbonyl (C=O) groups excluding carboxylic acids is 2. The largest absolute Gasteiger partial charge is 0.346 e. The van der Waals surface area contributed by atoms with Gasteiger partial charge >= 0.3 is 0 Å². The maximum absolute atomic E-state index is 12.6. The van der Waals surface area contributed by atoms with Crippen LogP contribution in [-0.4, -0.2) is 59.0 Å². The molecule has 1 aliphatic heterocycles. The third kappa shape index (κ3) is 3.69. The van der Waals surface area contributed by atoms with Crippen LogP contribution in [-0.2, 0) is 9.84 Å². The summed E-state index contributed by atoms with van der Waals surface area (Å²) in [6.07, 6.45) is 1.42. The van der Waals surface area contributed by atoms with Crippen LogP contribution in [0.5, 0.6) is 0 Å². The first-order valence-electron chi connectivity index (χ1n) is 8.06. The van der Waals surface area contributed by atoms with Crippen LogP contribution in [0.2, 0.25) is 0 Å². The summed E-state index contributed by atoms with van der Waals surface area (Å²) in [4.78, 5) is 28.9. The Hall–Kier alpha value is -2.79. The molecule has 3 N–H and O–H groups in total. The van der Waals surface area contributed by atoms with Gasteiger partial charge < -0.3 is 10.6 Å². The zero-order chi connectivity index (χ0) is 19.0. The maximum Gasteiger partial charge on any atom is 0.269 e. The molecule has 140 valence electrons. The van der Waals surface area contributed by atoms with Crippen LogP contribution < -0.4 is 10.6 Å². The van der Waals surface area contributed by atoms with Crippen molar-refractivity contribution in [2.75, 3.05) is 11.5 Å². The van der Waals surface area contributed by atoms with E-state index in [1.54, 1.807) is 23.7 Å². The number of H-pyrrole nitrogens is 1. The first-order chi connectivity index (χ1) is 12.9. The van der Waals surface area contributed by atoms with Gasteiger partial charge in [0.2, 0.25) is 0 Å². The van der Waals surface area contributed by atoms with Crippen LogP contribution in [0.4, 0.5) is 0 Å². The number of nitrogens with zero attached hydrogens (tertiary/aromatic N) is 2. The molecule has 0 aliphatic carbocycles. The molecule has 1 fully saturated rings. The standard InChI is InChI=1S/C16H15N5O4S2/c22-15(9-1-2-14-11(5-9)17-8-26-14)19-12-6-27(24,25)7-13(12)20-16(23)10-3-4-18-21-10/h1-5,8,12-13H,6-7H2,(H,18,21)(H,19,22)(H,20,23)/t12-,13-/m1/s1. The average Bonchev–Trinajstić information content (AvgIpc) is 3.34. The van der Waals surface area contributed by atoms with Crippen molar-refractivity contribution in [2.24, 2.45) is 0 Å². The second kappa shape index (κ2) is 6.74. The van der Waals surface area contributed by atoms with Crippen LogP contribution in [0.15, 0.2) is 36.0 Å². The van der Waals surface area contributed by atoms with Gasteiger partial charge in [0, 0.05) is 11.8 Å². The molecule has 0 spiro atoms. The normalized spacial score (nSPS) is 21.2. The van der Waals surface area contributed by atoms with E-state index in [9.17, 15) is 18.0 Å². The molecule has 0 unspecified atom stereocenters. The van der Waals surface area contributed by atoms with Gasteiger partial charge in [-0.3, -0.25) is 14.7 Å². The van der Waals surface area contributed by atoms with Crippen molar-refractivity contribution in [3.63, 3.8) is 0 Å². The van der Waals surface area contributed by atoms with E-state index in [1.165, 1.54) is 23.6 Å². The van der Waals surface area contributed by atoms with Crippen molar-refractivity contribution in [3.8, 4) is 0 Å². The molecule has 27 heavy (non-hydrogen) atoms. The topological polar surface area (TPSA) is 134 Å². The van der Waals surface area contributed by atoms with Gasteiger partial charge in [0.1, 0.15) is 5.69 Å². The summed E-state index contributed by atoms with van der Waals surface area (Å²) in [6.45, 7) is 0. The molecule has 2 atom stereocenters. The van der Waals surface area contributed by atoms with Gasteiger partial charge in [-0.25, -0.2) is 13.4 Å². The Morgan fingerprint density at radius 3 is 2.56 bits per heavy atom. The Kier molecular flexibility index (Phi) is 4.40. The monoisotopic (exact) mass is 405 g/mol. The number of sulfone groups is 1. The highest BCUT2D eigenvalue weighted by Gasteiger charge is 2.39. The van der Waals surface area contributed by atoms with Crippen molar-refractivity contribution in [1.29, 1.82) is 0 Å². The second-order valence-corrected chi connectivity index (χ2v) is 9.28. The Balaban J connectivity index is 1.51. The minimum atomic E-state index is -3.38. The first-order valence-corrected chi connectivity index (χ1v) is 10.8. The number of hydrogen-bond acceptors (Lipinski definition) is 7. The molecule has 2 aromatic heterocycles. The summed E-state index contributed by atoms with van der Waals surface area (Å²) >= 11 is 1.47. The summed E-state index contributed by atoms with van der Waals surface area (Å²) in [7, 11) is -3.38. The molecular weight excluding hydrogens is 390 g/mol. The van der Waals surface area contributed by atoms with Crippen molar-refractivity contribution in [3.05, 3.63) is 47.2 Å². The van der Waals surface area contributed by atoms with Gasteiger partial charge in [0.25, 0.3) is 11.8 Å². The minimum absolute atomic E-state index is 0.221. The molecule has 1 aliphatic rings. The highest BCUT2D eigenvalue weighted by Crippen LogP contribution is 2.20.